The van der Waals surface area contributed by atoms with E-state index in [2.05, 4.69) is 10.3 Å². The molecule has 3 rings (SSSR count). The first-order valence-corrected chi connectivity index (χ1v) is 6.40. The van der Waals surface area contributed by atoms with Gasteiger partial charge in [0.1, 0.15) is 6.04 Å². The van der Waals surface area contributed by atoms with Gasteiger partial charge in [0.25, 0.3) is 6.01 Å². The van der Waals surface area contributed by atoms with E-state index in [1.54, 1.807) is 0 Å². The van der Waals surface area contributed by atoms with Gasteiger partial charge in [-0.1, -0.05) is 0 Å². The van der Waals surface area contributed by atoms with Crippen LogP contribution >= 0.6 is 0 Å². The zero-order valence-electron chi connectivity index (χ0n) is 10.1. The third kappa shape index (κ3) is 2.08. The highest BCUT2D eigenvalue weighted by Crippen LogP contribution is 2.29. The van der Waals surface area contributed by atoms with Crippen molar-refractivity contribution in [3.63, 3.8) is 0 Å². The number of carboxylic acid groups (broad SMARTS) is 1. The number of hydrogen-bond acceptors (Lipinski definition) is 4. The van der Waals surface area contributed by atoms with Crippen molar-refractivity contribution in [2.75, 3.05) is 13.2 Å². The van der Waals surface area contributed by atoms with Gasteiger partial charge in [0, 0.05) is 18.7 Å². The summed E-state index contributed by atoms with van der Waals surface area (Å²) in [5, 5.41) is 12.1. The number of ether oxygens (including phenoxy) is 1. The van der Waals surface area contributed by atoms with Crippen LogP contribution < -0.4 is 10.1 Å². The van der Waals surface area contributed by atoms with Gasteiger partial charge in [-0.05, 0) is 25.8 Å². The van der Waals surface area contributed by atoms with Gasteiger partial charge in [0.15, 0.2) is 0 Å². The lowest BCUT2D eigenvalue weighted by Crippen LogP contribution is -2.42. The van der Waals surface area contributed by atoms with E-state index < -0.39 is 12.0 Å². The minimum Gasteiger partial charge on any atom is -0.480 e. The van der Waals surface area contributed by atoms with Gasteiger partial charge in [-0.15, -0.1) is 0 Å². The Bertz CT molecular complexity index is 434. The largest absolute Gasteiger partial charge is 0.480 e. The van der Waals surface area contributed by atoms with E-state index in [0.717, 1.165) is 38.2 Å². The van der Waals surface area contributed by atoms with Crippen LogP contribution in [0.1, 0.15) is 30.9 Å². The summed E-state index contributed by atoms with van der Waals surface area (Å²) >= 11 is 0. The fourth-order valence-corrected chi connectivity index (χ4v) is 2.66. The van der Waals surface area contributed by atoms with Crippen LogP contribution in [0, 0.1) is 0 Å². The minimum atomic E-state index is -0.778. The molecule has 0 radical (unpaired) electrons. The van der Waals surface area contributed by atoms with E-state index in [9.17, 15) is 4.79 Å². The Morgan fingerprint density at radius 3 is 3.28 bits per heavy atom. The Labute approximate surface area is 105 Å². The van der Waals surface area contributed by atoms with E-state index in [0.29, 0.717) is 12.4 Å². The van der Waals surface area contributed by atoms with Gasteiger partial charge in [-0.3, -0.25) is 4.79 Å². The van der Waals surface area contributed by atoms with Gasteiger partial charge in [0.2, 0.25) is 0 Å². The monoisotopic (exact) mass is 251 g/mol. The minimum absolute atomic E-state index is 0.217. The van der Waals surface area contributed by atoms with Gasteiger partial charge in [0.05, 0.1) is 12.3 Å². The number of carboxylic acids is 1. The molecule has 1 aromatic heterocycles. The molecule has 2 aliphatic rings. The van der Waals surface area contributed by atoms with Crippen molar-refractivity contribution in [3.8, 4) is 6.01 Å². The van der Waals surface area contributed by atoms with Crippen LogP contribution in [0.15, 0.2) is 6.20 Å². The fraction of sp³-hybridized carbons (Fsp3) is 0.667. The molecule has 0 aromatic carbocycles. The smallest absolute Gasteiger partial charge is 0.320 e. The first-order chi connectivity index (χ1) is 8.74. The lowest BCUT2D eigenvalue weighted by atomic mass is 9.90. The number of aromatic nitrogens is 2. The van der Waals surface area contributed by atoms with Crippen molar-refractivity contribution in [1.82, 2.24) is 14.9 Å². The highest BCUT2D eigenvalue weighted by atomic mass is 16.5. The molecule has 0 saturated carbocycles. The molecule has 0 spiro atoms. The topological polar surface area (TPSA) is 76.4 Å². The van der Waals surface area contributed by atoms with E-state index in [1.807, 2.05) is 10.8 Å². The molecular formula is C12H17N3O3. The zero-order valence-corrected chi connectivity index (χ0v) is 10.1. The average Bonchev–Trinajstić information content (AvgIpc) is 2.82. The lowest BCUT2D eigenvalue weighted by Gasteiger charge is -2.26. The lowest BCUT2D eigenvalue weighted by molar-refractivity contribution is -0.140. The predicted molar refractivity (Wildman–Crippen MR) is 63.7 cm³/mol. The maximum atomic E-state index is 11.0. The molecule has 1 saturated heterocycles. The summed E-state index contributed by atoms with van der Waals surface area (Å²) in [6, 6.07) is 0.227. The summed E-state index contributed by atoms with van der Waals surface area (Å²) in [4.78, 5) is 15.5. The number of nitrogens with zero attached hydrogens (tertiary/aromatic N) is 2. The number of hydrogen-bond donors (Lipinski definition) is 2. The van der Waals surface area contributed by atoms with Gasteiger partial charge in [-0.2, -0.15) is 0 Å². The maximum absolute atomic E-state index is 11.0. The van der Waals surface area contributed by atoms with Crippen molar-refractivity contribution in [2.24, 2.45) is 0 Å². The number of fused-ring (bicyclic) bond motifs is 1. The molecule has 2 unspecified atom stereocenters. The van der Waals surface area contributed by atoms with Crippen molar-refractivity contribution in [3.05, 3.63) is 11.9 Å². The third-order valence-corrected chi connectivity index (χ3v) is 3.65. The molecule has 6 heteroatoms. The van der Waals surface area contributed by atoms with Crippen LogP contribution in [-0.2, 0) is 11.3 Å². The molecule has 2 N–H and O–H groups in total. The van der Waals surface area contributed by atoms with Crippen LogP contribution in [0.5, 0.6) is 6.01 Å². The van der Waals surface area contributed by atoms with E-state index in [-0.39, 0.29) is 5.92 Å². The fourth-order valence-electron chi connectivity index (χ4n) is 2.66. The van der Waals surface area contributed by atoms with Gasteiger partial charge < -0.3 is 19.7 Å². The second-order valence-corrected chi connectivity index (χ2v) is 4.91. The normalized spacial score (nSPS) is 27.3. The molecular weight excluding hydrogens is 234 g/mol. The second kappa shape index (κ2) is 4.61. The Morgan fingerprint density at radius 2 is 2.50 bits per heavy atom. The quantitative estimate of drug-likeness (QED) is 0.804. The maximum Gasteiger partial charge on any atom is 0.320 e. The first kappa shape index (κ1) is 11.5. The van der Waals surface area contributed by atoms with Crippen molar-refractivity contribution in [2.45, 2.75) is 37.8 Å². The summed E-state index contributed by atoms with van der Waals surface area (Å²) in [6.45, 7) is 2.39. The van der Waals surface area contributed by atoms with Crippen molar-refractivity contribution in [1.29, 1.82) is 0 Å². The van der Waals surface area contributed by atoms with Crippen LogP contribution in [0.4, 0.5) is 0 Å². The summed E-state index contributed by atoms with van der Waals surface area (Å²) in [6.07, 6.45) is 4.56. The molecule has 0 aliphatic carbocycles. The number of aryl methyl sites for hydroxylation is 1. The molecule has 3 heterocycles. The molecule has 2 aliphatic heterocycles. The summed E-state index contributed by atoms with van der Waals surface area (Å²) < 4.78 is 7.51. The summed E-state index contributed by atoms with van der Waals surface area (Å²) in [7, 11) is 0. The van der Waals surface area contributed by atoms with Crippen LogP contribution in [0.25, 0.3) is 0 Å². The van der Waals surface area contributed by atoms with E-state index in [1.165, 1.54) is 0 Å². The number of nitrogens with one attached hydrogen (secondary N) is 1. The van der Waals surface area contributed by atoms with Crippen molar-refractivity contribution < 1.29 is 14.6 Å². The van der Waals surface area contributed by atoms with Crippen LogP contribution in [0.3, 0.4) is 0 Å². The summed E-state index contributed by atoms with van der Waals surface area (Å²) in [5.74, 6) is -0.561. The molecule has 2 atom stereocenters. The second-order valence-electron chi connectivity index (χ2n) is 4.91. The molecule has 0 bridgehead atoms. The third-order valence-electron chi connectivity index (χ3n) is 3.65. The van der Waals surface area contributed by atoms with Crippen LogP contribution in [-0.4, -0.2) is 39.8 Å². The Hall–Kier alpha value is -1.56. The molecule has 0 amide bonds. The molecule has 1 fully saturated rings. The first-order valence-electron chi connectivity index (χ1n) is 6.40. The number of aliphatic carboxylic acids is 1. The number of rotatable bonds is 2. The average molecular weight is 251 g/mol. The zero-order chi connectivity index (χ0) is 12.5. The van der Waals surface area contributed by atoms with Gasteiger partial charge in [-0.25, -0.2) is 4.98 Å². The van der Waals surface area contributed by atoms with E-state index >= 15 is 0 Å². The molecule has 18 heavy (non-hydrogen) atoms. The standard InChI is InChI=1S/C12H17N3O3/c16-11(17)9-6-8(2-3-13-9)10-7-15-4-1-5-18-12(15)14-10/h7-9,13H,1-6H2,(H,16,17). The molecule has 98 valence electrons. The van der Waals surface area contributed by atoms with E-state index in [4.69, 9.17) is 9.84 Å². The number of piperidine rings is 1. The van der Waals surface area contributed by atoms with Crippen LogP contribution in [0.2, 0.25) is 0 Å². The van der Waals surface area contributed by atoms with Gasteiger partial charge >= 0.3 is 5.97 Å². The summed E-state index contributed by atoms with van der Waals surface area (Å²) in [5.41, 5.74) is 0.972. The Balaban J connectivity index is 1.77. The number of imidazole rings is 1. The highest BCUT2D eigenvalue weighted by Gasteiger charge is 2.29. The number of carbonyl (C=O) groups is 1. The Morgan fingerprint density at radius 1 is 1.61 bits per heavy atom. The molecule has 6 nitrogen and oxygen atoms in total. The van der Waals surface area contributed by atoms with Crippen molar-refractivity contribution >= 4 is 5.97 Å². The SMILES string of the molecule is O=C(O)C1CC(c2cn3c(n2)OCCC3)CCN1. The predicted octanol–water partition coefficient (Wildman–Crippen LogP) is 0.586. The molecule has 1 aromatic rings. The highest BCUT2D eigenvalue weighted by molar-refractivity contribution is 5.73. The Kier molecular flexibility index (Phi) is 2.95.